The van der Waals surface area contributed by atoms with E-state index in [-0.39, 0.29) is 11.9 Å². The molecule has 1 aromatic carbocycles. The number of carbonyl (C=O) groups excluding carboxylic acids is 1. The molecule has 1 amide bonds. The fraction of sp³-hybridized carbons (Fsp3) is 0.308. The molecule has 0 aliphatic rings. The molecule has 1 unspecified atom stereocenters. The minimum absolute atomic E-state index is 0.0745. The van der Waals surface area contributed by atoms with Gasteiger partial charge in [-0.2, -0.15) is 5.10 Å². The smallest absolute Gasteiger partial charge is 0.251 e. The molecule has 2 aromatic rings. The Morgan fingerprint density at radius 2 is 2.11 bits per heavy atom. The van der Waals surface area contributed by atoms with Crippen LogP contribution in [0.5, 0.6) is 0 Å². The van der Waals surface area contributed by atoms with Crippen LogP contribution in [0.4, 0.5) is 0 Å². The number of aromatic amines is 1. The number of aromatic nitrogens is 3. The molecule has 0 fully saturated rings. The number of rotatable bonds is 5. The molecule has 1 heterocycles. The van der Waals surface area contributed by atoms with E-state index in [0.29, 0.717) is 12.1 Å². The van der Waals surface area contributed by atoms with Crippen molar-refractivity contribution in [3.63, 3.8) is 0 Å². The molecule has 3 N–H and O–H groups in total. The summed E-state index contributed by atoms with van der Waals surface area (Å²) in [7, 11) is 1.62. The third-order valence-corrected chi connectivity index (χ3v) is 2.90. The van der Waals surface area contributed by atoms with Crippen molar-refractivity contribution in [3.8, 4) is 0 Å². The average Bonchev–Trinajstić information content (AvgIpc) is 2.98. The zero-order chi connectivity index (χ0) is 13.7. The zero-order valence-corrected chi connectivity index (χ0v) is 11.0. The quantitative estimate of drug-likeness (QED) is 0.748. The predicted octanol–water partition coefficient (Wildman–Crippen LogP) is 1.02. The SMILES string of the molecule is CNC(=O)c1ccc(CNC(C)c2ncn[nH]2)cc1. The first kappa shape index (κ1) is 13.2. The summed E-state index contributed by atoms with van der Waals surface area (Å²) < 4.78 is 0. The molecule has 0 bridgehead atoms. The van der Waals surface area contributed by atoms with Crippen LogP contribution in [0.1, 0.15) is 34.7 Å². The highest BCUT2D eigenvalue weighted by atomic mass is 16.1. The van der Waals surface area contributed by atoms with Crippen molar-refractivity contribution >= 4 is 5.91 Å². The number of H-pyrrole nitrogens is 1. The average molecular weight is 259 g/mol. The van der Waals surface area contributed by atoms with Crippen molar-refractivity contribution in [3.05, 3.63) is 47.5 Å². The topological polar surface area (TPSA) is 82.7 Å². The first-order valence-corrected chi connectivity index (χ1v) is 6.10. The summed E-state index contributed by atoms with van der Waals surface area (Å²) in [6.07, 6.45) is 1.49. The second-order valence-corrected chi connectivity index (χ2v) is 4.25. The normalized spacial score (nSPS) is 12.1. The highest BCUT2D eigenvalue weighted by Crippen LogP contribution is 2.08. The maximum absolute atomic E-state index is 11.4. The Hall–Kier alpha value is -2.21. The lowest BCUT2D eigenvalue weighted by molar-refractivity contribution is 0.0963. The van der Waals surface area contributed by atoms with Crippen molar-refractivity contribution in [2.75, 3.05) is 7.05 Å². The van der Waals surface area contributed by atoms with Crippen LogP contribution < -0.4 is 10.6 Å². The third-order valence-electron chi connectivity index (χ3n) is 2.90. The molecule has 1 aromatic heterocycles. The van der Waals surface area contributed by atoms with Crippen molar-refractivity contribution in [1.82, 2.24) is 25.8 Å². The Balaban J connectivity index is 1.91. The van der Waals surface area contributed by atoms with Crippen LogP contribution in [0.15, 0.2) is 30.6 Å². The van der Waals surface area contributed by atoms with E-state index in [0.717, 1.165) is 11.4 Å². The largest absolute Gasteiger partial charge is 0.355 e. The van der Waals surface area contributed by atoms with Crippen LogP contribution in [0.2, 0.25) is 0 Å². The van der Waals surface area contributed by atoms with Crippen LogP contribution in [0.3, 0.4) is 0 Å². The van der Waals surface area contributed by atoms with E-state index in [9.17, 15) is 4.79 Å². The number of nitrogens with zero attached hydrogens (tertiary/aromatic N) is 2. The number of amides is 1. The van der Waals surface area contributed by atoms with Gasteiger partial charge in [0.25, 0.3) is 5.91 Å². The molecule has 6 heteroatoms. The van der Waals surface area contributed by atoms with Gasteiger partial charge in [-0.25, -0.2) is 4.98 Å². The summed E-state index contributed by atoms with van der Waals surface area (Å²) >= 11 is 0. The highest BCUT2D eigenvalue weighted by Gasteiger charge is 2.07. The van der Waals surface area contributed by atoms with Gasteiger partial charge in [-0.15, -0.1) is 0 Å². The monoisotopic (exact) mass is 259 g/mol. The maximum Gasteiger partial charge on any atom is 0.251 e. The van der Waals surface area contributed by atoms with E-state index >= 15 is 0 Å². The van der Waals surface area contributed by atoms with E-state index in [2.05, 4.69) is 25.8 Å². The first-order chi connectivity index (χ1) is 9.20. The molecular weight excluding hydrogens is 242 g/mol. The van der Waals surface area contributed by atoms with Gasteiger partial charge in [0.15, 0.2) is 0 Å². The number of nitrogens with one attached hydrogen (secondary N) is 3. The van der Waals surface area contributed by atoms with Gasteiger partial charge >= 0.3 is 0 Å². The summed E-state index contributed by atoms with van der Waals surface area (Å²) in [6, 6.07) is 7.60. The summed E-state index contributed by atoms with van der Waals surface area (Å²) in [5.41, 5.74) is 1.77. The van der Waals surface area contributed by atoms with Crippen molar-refractivity contribution in [2.45, 2.75) is 19.5 Å². The van der Waals surface area contributed by atoms with E-state index in [1.807, 2.05) is 31.2 Å². The first-order valence-electron chi connectivity index (χ1n) is 6.10. The number of benzene rings is 1. The van der Waals surface area contributed by atoms with Crippen LogP contribution in [0, 0.1) is 0 Å². The van der Waals surface area contributed by atoms with Crippen molar-refractivity contribution in [1.29, 1.82) is 0 Å². The van der Waals surface area contributed by atoms with E-state index in [1.54, 1.807) is 7.05 Å². The summed E-state index contributed by atoms with van der Waals surface area (Å²) in [5.74, 6) is 0.733. The molecule has 100 valence electrons. The van der Waals surface area contributed by atoms with Crippen LogP contribution in [0.25, 0.3) is 0 Å². The Morgan fingerprint density at radius 3 is 2.68 bits per heavy atom. The minimum atomic E-state index is -0.0745. The lowest BCUT2D eigenvalue weighted by Gasteiger charge is -2.11. The number of carbonyl (C=O) groups is 1. The summed E-state index contributed by atoms with van der Waals surface area (Å²) in [5, 5.41) is 12.6. The zero-order valence-electron chi connectivity index (χ0n) is 11.0. The van der Waals surface area contributed by atoms with E-state index in [1.165, 1.54) is 6.33 Å². The molecule has 1 atom stereocenters. The fourth-order valence-electron chi connectivity index (χ4n) is 1.71. The molecular formula is C13H17N5O. The van der Waals surface area contributed by atoms with Crippen molar-refractivity contribution < 1.29 is 4.79 Å². The Morgan fingerprint density at radius 1 is 1.37 bits per heavy atom. The predicted molar refractivity (Wildman–Crippen MR) is 71.5 cm³/mol. The molecule has 19 heavy (non-hydrogen) atoms. The number of hydrogen-bond acceptors (Lipinski definition) is 4. The van der Waals surface area contributed by atoms with Gasteiger partial charge in [-0.1, -0.05) is 12.1 Å². The van der Waals surface area contributed by atoms with Gasteiger partial charge in [0.2, 0.25) is 0 Å². The molecule has 0 aliphatic carbocycles. The standard InChI is InChI=1S/C13H17N5O/c1-9(12-16-8-17-18-12)15-7-10-3-5-11(6-4-10)13(19)14-2/h3-6,8-9,15H,7H2,1-2H3,(H,14,19)(H,16,17,18). The van der Waals surface area contributed by atoms with E-state index < -0.39 is 0 Å². The molecule has 0 saturated heterocycles. The second kappa shape index (κ2) is 6.10. The lowest BCUT2D eigenvalue weighted by atomic mass is 10.1. The Kier molecular flexibility index (Phi) is 4.25. The molecule has 0 radical (unpaired) electrons. The van der Waals surface area contributed by atoms with Crippen LogP contribution in [-0.4, -0.2) is 28.1 Å². The Labute approximate surface area is 111 Å². The van der Waals surface area contributed by atoms with Gasteiger partial charge in [0.05, 0.1) is 6.04 Å². The van der Waals surface area contributed by atoms with Crippen molar-refractivity contribution in [2.24, 2.45) is 0 Å². The lowest BCUT2D eigenvalue weighted by Crippen LogP contribution is -2.20. The Bertz CT molecular complexity index is 520. The molecule has 0 aliphatic heterocycles. The second-order valence-electron chi connectivity index (χ2n) is 4.25. The third kappa shape index (κ3) is 3.38. The van der Waals surface area contributed by atoms with E-state index in [4.69, 9.17) is 0 Å². The summed E-state index contributed by atoms with van der Waals surface area (Å²) in [4.78, 5) is 15.5. The van der Waals surface area contributed by atoms with Gasteiger partial charge in [-0.05, 0) is 24.6 Å². The number of hydrogen-bond donors (Lipinski definition) is 3. The van der Waals surface area contributed by atoms with Gasteiger partial charge in [-0.3, -0.25) is 9.89 Å². The molecule has 0 spiro atoms. The summed E-state index contributed by atoms with van der Waals surface area (Å²) in [6.45, 7) is 2.72. The van der Waals surface area contributed by atoms with Crippen LogP contribution in [-0.2, 0) is 6.54 Å². The highest BCUT2D eigenvalue weighted by molar-refractivity contribution is 5.93. The van der Waals surface area contributed by atoms with Gasteiger partial charge in [0, 0.05) is 19.2 Å². The molecule has 2 rings (SSSR count). The molecule has 0 saturated carbocycles. The van der Waals surface area contributed by atoms with Crippen LogP contribution >= 0.6 is 0 Å². The maximum atomic E-state index is 11.4. The fourth-order valence-corrected chi connectivity index (χ4v) is 1.71. The molecule has 6 nitrogen and oxygen atoms in total. The van der Waals surface area contributed by atoms with Gasteiger partial charge in [0.1, 0.15) is 12.2 Å². The van der Waals surface area contributed by atoms with Gasteiger partial charge < -0.3 is 10.6 Å². The minimum Gasteiger partial charge on any atom is -0.355 e.